The lowest BCUT2D eigenvalue weighted by atomic mass is 9.92. The molecule has 1 fully saturated rings. The van der Waals surface area contributed by atoms with Gasteiger partial charge in [0.25, 0.3) is 0 Å². The van der Waals surface area contributed by atoms with Gasteiger partial charge in [-0.15, -0.1) is 0 Å². The highest BCUT2D eigenvalue weighted by molar-refractivity contribution is 4.86. The van der Waals surface area contributed by atoms with Gasteiger partial charge in [-0.25, -0.2) is 0 Å². The maximum atomic E-state index is 3.51. The molecule has 1 saturated heterocycles. The third kappa shape index (κ3) is 2.71. The van der Waals surface area contributed by atoms with Gasteiger partial charge in [0.05, 0.1) is 0 Å². The first-order valence-electron chi connectivity index (χ1n) is 6.08. The summed E-state index contributed by atoms with van der Waals surface area (Å²) in [5.41, 5.74) is 0.417. The summed E-state index contributed by atoms with van der Waals surface area (Å²) in [5.74, 6) is 0.787. The number of hydrogen-bond acceptors (Lipinski definition) is 2. The predicted octanol–water partition coefficient (Wildman–Crippen LogP) is 2.11. The van der Waals surface area contributed by atoms with Crippen molar-refractivity contribution in [2.24, 2.45) is 5.92 Å². The topological polar surface area (TPSA) is 15.3 Å². The fraction of sp³-hybridized carbons (Fsp3) is 1.00. The number of hydrogen-bond donors (Lipinski definition) is 1. The zero-order valence-electron chi connectivity index (χ0n) is 10.3. The first kappa shape index (κ1) is 12.0. The van der Waals surface area contributed by atoms with Crippen LogP contribution in [0.1, 0.15) is 40.5 Å². The van der Waals surface area contributed by atoms with E-state index in [2.05, 4.69) is 37.9 Å². The van der Waals surface area contributed by atoms with Gasteiger partial charge in [-0.1, -0.05) is 20.8 Å². The Bertz CT molecular complexity index is 164. The van der Waals surface area contributed by atoms with Crippen molar-refractivity contribution < 1.29 is 0 Å². The van der Waals surface area contributed by atoms with E-state index in [0.717, 1.165) is 12.5 Å². The van der Waals surface area contributed by atoms with Crippen LogP contribution in [0.15, 0.2) is 0 Å². The van der Waals surface area contributed by atoms with Crippen molar-refractivity contribution >= 4 is 0 Å². The van der Waals surface area contributed by atoms with Crippen LogP contribution in [-0.2, 0) is 0 Å². The molecule has 1 atom stereocenters. The number of nitrogens with one attached hydrogen (secondary N) is 1. The summed E-state index contributed by atoms with van der Waals surface area (Å²) in [6.45, 7) is 14.2. The Hall–Kier alpha value is -0.0800. The summed E-state index contributed by atoms with van der Waals surface area (Å²) in [6, 6.07) is 0. The van der Waals surface area contributed by atoms with Crippen LogP contribution < -0.4 is 5.32 Å². The monoisotopic (exact) mass is 198 g/mol. The Morgan fingerprint density at radius 2 is 2.00 bits per heavy atom. The van der Waals surface area contributed by atoms with Gasteiger partial charge in [0.1, 0.15) is 0 Å². The first-order chi connectivity index (χ1) is 6.62. The van der Waals surface area contributed by atoms with E-state index in [9.17, 15) is 0 Å². The molecule has 1 unspecified atom stereocenters. The van der Waals surface area contributed by atoms with Crippen molar-refractivity contribution in [2.75, 3.05) is 26.2 Å². The van der Waals surface area contributed by atoms with E-state index in [1.807, 2.05) is 0 Å². The van der Waals surface area contributed by atoms with E-state index in [1.165, 1.54) is 32.5 Å². The molecule has 0 aromatic carbocycles. The largest absolute Gasteiger partial charge is 0.315 e. The van der Waals surface area contributed by atoms with Crippen molar-refractivity contribution in [2.45, 2.75) is 46.1 Å². The summed E-state index contributed by atoms with van der Waals surface area (Å²) >= 11 is 0. The maximum Gasteiger partial charge on any atom is 0.0176 e. The molecule has 0 aromatic rings. The average molecular weight is 198 g/mol. The molecule has 2 nitrogen and oxygen atoms in total. The second kappa shape index (κ2) is 5.13. The summed E-state index contributed by atoms with van der Waals surface area (Å²) in [7, 11) is 0. The standard InChI is InChI=1S/C12H26N2/c1-5-12(4,6-2)14-8-7-13-9-11(3)10-14/h11,13H,5-10H2,1-4H3. The maximum absolute atomic E-state index is 3.51. The van der Waals surface area contributed by atoms with Crippen molar-refractivity contribution in [3.8, 4) is 0 Å². The Labute approximate surface area is 89.1 Å². The van der Waals surface area contributed by atoms with Gasteiger partial charge >= 0.3 is 0 Å². The Kier molecular flexibility index (Phi) is 4.39. The van der Waals surface area contributed by atoms with E-state index >= 15 is 0 Å². The Balaban J connectivity index is 2.63. The van der Waals surface area contributed by atoms with Crippen LogP contribution in [0.5, 0.6) is 0 Å². The molecule has 0 bridgehead atoms. The van der Waals surface area contributed by atoms with Crippen molar-refractivity contribution in [3.63, 3.8) is 0 Å². The van der Waals surface area contributed by atoms with Gasteiger partial charge in [0, 0.05) is 25.2 Å². The number of rotatable bonds is 3. The number of nitrogens with zero attached hydrogens (tertiary/aromatic N) is 1. The zero-order chi connectivity index (χ0) is 10.6. The molecule has 14 heavy (non-hydrogen) atoms. The molecule has 1 rings (SSSR count). The summed E-state index contributed by atoms with van der Waals surface area (Å²) < 4.78 is 0. The first-order valence-corrected chi connectivity index (χ1v) is 6.08. The average Bonchev–Trinajstić information content (AvgIpc) is 2.42. The molecule has 1 heterocycles. The van der Waals surface area contributed by atoms with Gasteiger partial charge in [0.2, 0.25) is 0 Å². The van der Waals surface area contributed by atoms with Crippen LogP contribution in [-0.4, -0.2) is 36.6 Å². The van der Waals surface area contributed by atoms with Crippen LogP contribution in [0.3, 0.4) is 0 Å². The lowest BCUT2D eigenvalue weighted by Gasteiger charge is -2.40. The zero-order valence-corrected chi connectivity index (χ0v) is 10.3. The van der Waals surface area contributed by atoms with Gasteiger partial charge in [-0.05, 0) is 32.2 Å². The SMILES string of the molecule is CCC(C)(CC)N1CCNCC(C)C1. The normalized spacial score (nSPS) is 26.1. The molecule has 84 valence electrons. The highest BCUT2D eigenvalue weighted by Crippen LogP contribution is 2.24. The van der Waals surface area contributed by atoms with Crippen LogP contribution in [0.2, 0.25) is 0 Å². The molecule has 1 N–H and O–H groups in total. The molecule has 1 aliphatic heterocycles. The van der Waals surface area contributed by atoms with Crippen molar-refractivity contribution in [1.29, 1.82) is 0 Å². The summed E-state index contributed by atoms with van der Waals surface area (Å²) in [5, 5.41) is 3.51. The molecule has 0 aromatic heterocycles. The smallest absolute Gasteiger partial charge is 0.0176 e. The van der Waals surface area contributed by atoms with E-state index in [1.54, 1.807) is 0 Å². The minimum atomic E-state index is 0.417. The van der Waals surface area contributed by atoms with Crippen LogP contribution in [0.25, 0.3) is 0 Å². The van der Waals surface area contributed by atoms with Crippen molar-refractivity contribution in [3.05, 3.63) is 0 Å². The molecule has 1 aliphatic rings. The van der Waals surface area contributed by atoms with E-state index in [-0.39, 0.29) is 0 Å². The van der Waals surface area contributed by atoms with Gasteiger partial charge in [-0.3, -0.25) is 4.90 Å². The third-order valence-electron chi connectivity index (χ3n) is 3.87. The Morgan fingerprint density at radius 1 is 1.36 bits per heavy atom. The fourth-order valence-electron chi connectivity index (χ4n) is 2.28. The van der Waals surface area contributed by atoms with Crippen LogP contribution in [0.4, 0.5) is 0 Å². The fourth-order valence-corrected chi connectivity index (χ4v) is 2.28. The summed E-state index contributed by atoms with van der Waals surface area (Å²) in [6.07, 6.45) is 2.52. The van der Waals surface area contributed by atoms with Gasteiger partial charge in [-0.2, -0.15) is 0 Å². The predicted molar refractivity (Wildman–Crippen MR) is 62.6 cm³/mol. The molecule has 0 aliphatic carbocycles. The third-order valence-corrected chi connectivity index (χ3v) is 3.87. The van der Waals surface area contributed by atoms with Crippen molar-refractivity contribution in [1.82, 2.24) is 10.2 Å². The second-order valence-corrected chi connectivity index (χ2v) is 4.96. The molecule has 2 heteroatoms. The van der Waals surface area contributed by atoms with E-state index < -0.39 is 0 Å². The molecule has 0 radical (unpaired) electrons. The second-order valence-electron chi connectivity index (χ2n) is 4.96. The van der Waals surface area contributed by atoms with Crippen LogP contribution >= 0.6 is 0 Å². The molecule has 0 saturated carbocycles. The van der Waals surface area contributed by atoms with Gasteiger partial charge < -0.3 is 5.32 Å². The van der Waals surface area contributed by atoms with E-state index in [0.29, 0.717) is 5.54 Å². The highest BCUT2D eigenvalue weighted by Gasteiger charge is 2.29. The minimum absolute atomic E-state index is 0.417. The molecule has 0 spiro atoms. The highest BCUT2D eigenvalue weighted by atomic mass is 15.2. The van der Waals surface area contributed by atoms with Crippen LogP contribution in [0, 0.1) is 5.92 Å². The molecular formula is C12H26N2. The Morgan fingerprint density at radius 3 is 2.57 bits per heavy atom. The lowest BCUT2D eigenvalue weighted by molar-refractivity contribution is 0.0910. The lowest BCUT2D eigenvalue weighted by Crippen LogP contribution is -2.48. The minimum Gasteiger partial charge on any atom is -0.315 e. The molecular weight excluding hydrogens is 172 g/mol. The van der Waals surface area contributed by atoms with Gasteiger partial charge in [0.15, 0.2) is 0 Å². The quantitative estimate of drug-likeness (QED) is 0.747. The summed E-state index contributed by atoms with van der Waals surface area (Å²) in [4.78, 5) is 2.68. The molecule has 0 amide bonds. The van der Waals surface area contributed by atoms with E-state index in [4.69, 9.17) is 0 Å².